The topological polar surface area (TPSA) is 49.4 Å². The van der Waals surface area contributed by atoms with Gasteiger partial charge in [-0.2, -0.15) is 0 Å². The number of hydrogen-bond acceptors (Lipinski definition) is 3. The maximum Gasteiger partial charge on any atom is 0.255 e. The van der Waals surface area contributed by atoms with Crippen LogP contribution in [0.3, 0.4) is 0 Å². The number of rotatable bonds is 2. The van der Waals surface area contributed by atoms with Gasteiger partial charge < -0.3 is 10.2 Å². The van der Waals surface area contributed by atoms with Crippen molar-refractivity contribution >= 4 is 28.8 Å². The molecule has 1 aliphatic heterocycles. The molecule has 0 aliphatic carbocycles. The summed E-state index contributed by atoms with van der Waals surface area (Å²) in [6, 6.07) is 14.7. The summed E-state index contributed by atoms with van der Waals surface area (Å²) < 4.78 is 13.3. The van der Waals surface area contributed by atoms with E-state index < -0.39 is 11.9 Å². The van der Waals surface area contributed by atoms with Gasteiger partial charge in [-0.15, -0.1) is 11.3 Å². The van der Waals surface area contributed by atoms with Gasteiger partial charge in [-0.25, -0.2) is 4.39 Å². The average molecular weight is 380 g/mol. The van der Waals surface area contributed by atoms with E-state index in [1.54, 1.807) is 4.90 Å². The second kappa shape index (κ2) is 6.96. The van der Waals surface area contributed by atoms with E-state index in [-0.39, 0.29) is 18.4 Å². The summed E-state index contributed by atoms with van der Waals surface area (Å²) in [5.41, 5.74) is 2.97. The second-order valence-electron chi connectivity index (χ2n) is 6.50. The van der Waals surface area contributed by atoms with Gasteiger partial charge in [-0.05, 0) is 48.7 Å². The van der Waals surface area contributed by atoms with Crippen molar-refractivity contribution in [3.8, 4) is 0 Å². The minimum atomic E-state index is -0.407. The fourth-order valence-corrected chi connectivity index (χ4v) is 4.18. The van der Waals surface area contributed by atoms with E-state index in [0.29, 0.717) is 11.3 Å². The second-order valence-corrected chi connectivity index (χ2v) is 7.48. The Hall–Kier alpha value is -2.99. The molecule has 0 radical (unpaired) electrons. The lowest BCUT2D eigenvalue weighted by atomic mass is 9.99. The number of hydrogen-bond donors (Lipinski definition) is 1. The average Bonchev–Trinajstić information content (AvgIpc) is 3.13. The summed E-state index contributed by atoms with van der Waals surface area (Å²) in [6.45, 7) is 1.90. The first-order valence-electron chi connectivity index (χ1n) is 8.53. The zero-order valence-electron chi connectivity index (χ0n) is 14.6. The van der Waals surface area contributed by atoms with Crippen molar-refractivity contribution in [3.05, 3.63) is 87.4 Å². The number of fused-ring (bicyclic) bond motifs is 1. The highest BCUT2D eigenvalue weighted by atomic mass is 32.1. The smallest absolute Gasteiger partial charge is 0.255 e. The lowest BCUT2D eigenvalue weighted by Crippen LogP contribution is -2.38. The zero-order valence-corrected chi connectivity index (χ0v) is 15.4. The lowest BCUT2D eigenvalue weighted by molar-refractivity contribution is -0.117. The van der Waals surface area contributed by atoms with Crippen LogP contribution < -0.4 is 5.32 Å². The standard InChI is InChI=1S/C21H17FN2O2S/c1-13-4-9-17-16(11-13)20(18-3-2-10-27-18)24(12-19(25)23-17)21(26)14-5-7-15(22)8-6-14/h2-11,20H,12H2,1H3,(H,23,25). The van der Waals surface area contributed by atoms with E-state index in [0.717, 1.165) is 16.0 Å². The van der Waals surface area contributed by atoms with E-state index >= 15 is 0 Å². The van der Waals surface area contributed by atoms with Gasteiger partial charge in [-0.1, -0.05) is 23.8 Å². The number of aryl methyl sites for hydroxylation is 1. The number of carbonyl (C=O) groups excluding carboxylic acids is 2. The molecule has 136 valence electrons. The van der Waals surface area contributed by atoms with Gasteiger partial charge in [-0.3, -0.25) is 9.59 Å². The summed E-state index contributed by atoms with van der Waals surface area (Å²) in [7, 11) is 0. The molecule has 0 saturated heterocycles. The summed E-state index contributed by atoms with van der Waals surface area (Å²) >= 11 is 1.54. The summed E-state index contributed by atoms with van der Waals surface area (Å²) in [5.74, 6) is -0.969. The normalized spacial score (nSPS) is 16.4. The molecule has 2 heterocycles. The molecule has 0 fully saturated rings. The van der Waals surface area contributed by atoms with Crippen LogP contribution in [0.25, 0.3) is 0 Å². The first-order valence-corrected chi connectivity index (χ1v) is 9.41. The third-order valence-electron chi connectivity index (χ3n) is 4.57. The molecule has 1 aromatic heterocycles. The molecule has 27 heavy (non-hydrogen) atoms. The van der Waals surface area contributed by atoms with Gasteiger partial charge in [0.2, 0.25) is 5.91 Å². The lowest BCUT2D eigenvalue weighted by Gasteiger charge is -2.29. The molecule has 2 aromatic carbocycles. The van der Waals surface area contributed by atoms with Crippen molar-refractivity contribution in [2.75, 3.05) is 11.9 Å². The predicted molar refractivity (Wildman–Crippen MR) is 103 cm³/mol. The summed E-state index contributed by atoms with van der Waals surface area (Å²) in [6.07, 6.45) is 0. The Morgan fingerprint density at radius 1 is 1.19 bits per heavy atom. The number of nitrogens with one attached hydrogen (secondary N) is 1. The molecule has 1 N–H and O–H groups in total. The summed E-state index contributed by atoms with van der Waals surface area (Å²) in [4.78, 5) is 28.2. The van der Waals surface area contributed by atoms with Crippen LogP contribution in [0.15, 0.2) is 60.0 Å². The van der Waals surface area contributed by atoms with Gasteiger partial charge in [0.15, 0.2) is 0 Å². The Morgan fingerprint density at radius 2 is 1.96 bits per heavy atom. The van der Waals surface area contributed by atoms with E-state index in [9.17, 15) is 14.0 Å². The van der Waals surface area contributed by atoms with Crippen LogP contribution in [-0.2, 0) is 4.79 Å². The van der Waals surface area contributed by atoms with Crippen LogP contribution in [-0.4, -0.2) is 23.3 Å². The van der Waals surface area contributed by atoms with E-state index in [2.05, 4.69) is 5.32 Å². The Morgan fingerprint density at radius 3 is 2.67 bits per heavy atom. The molecule has 1 aliphatic rings. The number of anilines is 1. The fourth-order valence-electron chi connectivity index (χ4n) is 3.33. The van der Waals surface area contributed by atoms with Crippen LogP contribution >= 0.6 is 11.3 Å². The van der Waals surface area contributed by atoms with Gasteiger partial charge in [0.1, 0.15) is 12.4 Å². The maximum absolute atomic E-state index is 13.3. The van der Waals surface area contributed by atoms with Crippen LogP contribution in [0.1, 0.15) is 32.4 Å². The number of carbonyl (C=O) groups is 2. The van der Waals surface area contributed by atoms with E-state index in [1.807, 2.05) is 42.6 Å². The van der Waals surface area contributed by atoms with E-state index in [4.69, 9.17) is 0 Å². The summed E-state index contributed by atoms with van der Waals surface area (Å²) in [5, 5.41) is 4.85. The Kier molecular flexibility index (Phi) is 4.49. The van der Waals surface area contributed by atoms with Gasteiger partial charge in [0, 0.05) is 21.7 Å². The number of amides is 2. The van der Waals surface area contributed by atoms with Crippen LogP contribution in [0.5, 0.6) is 0 Å². The van der Waals surface area contributed by atoms with Crippen LogP contribution in [0.2, 0.25) is 0 Å². The molecule has 1 unspecified atom stereocenters. The SMILES string of the molecule is Cc1ccc2c(c1)C(c1cccs1)N(C(=O)c1ccc(F)cc1)CC(=O)N2. The largest absolute Gasteiger partial charge is 0.324 e. The van der Waals surface area contributed by atoms with Crippen molar-refractivity contribution < 1.29 is 14.0 Å². The maximum atomic E-state index is 13.3. The quantitative estimate of drug-likeness (QED) is 0.717. The number of benzene rings is 2. The molecule has 3 aromatic rings. The molecule has 6 heteroatoms. The molecular formula is C21H17FN2O2S. The molecular weight excluding hydrogens is 363 g/mol. The molecule has 1 atom stereocenters. The van der Waals surface area contributed by atoms with Crippen molar-refractivity contribution in [1.82, 2.24) is 4.90 Å². The molecule has 2 amide bonds. The van der Waals surface area contributed by atoms with Crippen molar-refractivity contribution in [3.63, 3.8) is 0 Å². The Balaban J connectivity index is 1.86. The van der Waals surface area contributed by atoms with Crippen molar-refractivity contribution in [2.45, 2.75) is 13.0 Å². The monoisotopic (exact) mass is 380 g/mol. The van der Waals surface area contributed by atoms with Crippen LogP contribution in [0, 0.1) is 12.7 Å². The zero-order chi connectivity index (χ0) is 19.0. The minimum Gasteiger partial charge on any atom is -0.324 e. The van der Waals surface area contributed by atoms with Crippen molar-refractivity contribution in [1.29, 1.82) is 0 Å². The van der Waals surface area contributed by atoms with E-state index in [1.165, 1.54) is 35.6 Å². The van der Waals surface area contributed by atoms with Gasteiger partial charge >= 0.3 is 0 Å². The first kappa shape index (κ1) is 17.4. The van der Waals surface area contributed by atoms with Gasteiger partial charge in [0.25, 0.3) is 5.91 Å². The molecule has 4 rings (SSSR count). The first-order chi connectivity index (χ1) is 13.0. The molecule has 0 spiro atoms. The third kappa shape index (κ3) is 3.36. The number of halogens is 1. The highest BCUT2D eigenvalue weighted by Crippen LogP contribution is 2.38. The minimum absolute atomic E-state index is 0.0769. The Bertz CT molecular complexity index is 1000. The van der Waals surface area contributed by atoms with Crippen LogP contribution in [0.4, 0.5) is 10.1 Å². The Labute approximate surface area is 160 Å². The fraction of sp³-hybridized carbons (Fsp3) is 0.143. The predicted octanol–water partition coefficient (Wildman–Crippen LogP) is 4.38. The van der Waals surface area contributed by atoms with Gasteiger partial charge in [0.05, 0.1) is 6.04 Å². The third-order valence-corrected chi connectivity index (χ3v) is 5.49. The highest BCUT2D eigenvalue weighted by Gasteiger charge is 2.34. The number of nitrogens with zero attached hydrogens (tertiary/aromatic N) is 1. The van der Waals surface area contributed by atoms with Crippen molar-refractivity contribution in [2.24, 2.45) is 0 Å². The highest BCUT2D eigenvalue weighted by molar-refractivity contribution is 7.10. The molecule has 0 bridgehead atoms. The molecule has 0 saturated carbocycles. The number of thiophene rings is 1. The molecule has 4 nitrogen and oxygen atoms in total.